The molecule has 26 heavy (non-hydrogen) atoms. The van der Waals surface area contributed by atoms with E-state index in [0.29, 0.717) is 23.1 Å². The number of para-hydroxylation sites is 2. The van der Waals surface area contributed by atoms with Crippen LogP contribution in [0.25, 0.3) is 11.0 Å². The van der Waals surface area contributed by atoms with E-state index in [1.165, 1.54) is 0 Å². The predicted octanol–water partition coefficient (Wildman–Crippen LogP) is 3.71. The molecule has 7 heteroatoms. The second-order valence-electron chi connectivity index (χ2n) is 5.70. The molecular weight excluding hydrogens is 330 g/mol. The average molecular weight is 345 g/mol. The molecule has 0 fully saturated rings. The number of anilines is 1. The van der Waals surface area contributed by atoms with Gasteiger partial charge in [0.1, 0.15) is 5.75 Å². The number of aromatic amines is 1. The average Bonchev–Trinajstić information content (AvgIpc) is 3.06. The lowest BCUT2D eigenvalue weighted by Gasteiger charge is -2.06. The molecule has 2 aromatic carbocycles. The summed E-state index contributed by atoms with van der Waals surface area (Å²) in [5.41, 5.74) is 2.97. The quantitative estimate of drug-likeness (QED) is 0.588. The van der Waals surface area contributed by atoms with Crippen LogP contribution in [0.15, 0.2) is 60.7 Å². The van der Waals surface area contributed by atoms with Gasteiger partial charge in [0.2, 0.25) is 11.8 Å². The number of aryl methyl sites for hydroxylation is 1. The Morgan fingerprint density at radius 3 is 2.54 bits per heavy atom. The van der Waals surface area contributed by atoms with Crippen LogP contribution in [0.2, 0.25) is 0 Å². The summed E-state index contributed by atoms with van der Waals surface area (Å²) in [5, 5.41) is 10.6. The molecule has 0 spiro atoms. The number of carbonyl (C=O) groups excluding carboxylic acids is 1. The van der Waals surface area contributed by atoms with Crippen molar-refractivity contribution in [2.75, 3.05) is 5.32 Å². The number of nitrogens with zero attached hydrogens (tertiary/aromatic N) is 3. The molecule has 0 saturated heterocycles. The van der Waals surface area contributed by atoms with Gasteiger partial charge in [-0.05, 0) is 49.4 Å². The van der Waals surface area contributed by atoms with Crippen LogP contribution in [0.5, 0.6) is 11.6 Å². The summed E-state index contributed by atoms with van der Waals surface area (Å²) < 4.78 is 5.60. The zero-order valence-electron chi connectivity index (χ0n) is 13.9. The number of H-pyrrole nitrogens is 1. The molecule has 0 saturated carbocycles. The topological polar surface area (TPSA) is 92.8 Å². The van der Waals surface area contributed by atoms with Crippen LogP contribution in [0, 0.1) is 6.92 Å². The van der Waals surface area contributed by atoms with E-state index in [-0.39, 0.29) is 5.91 Å². The third-order valence-electron chi connectivity index (χ3n) is 3.73. The van der Waals surface area contributed by atoms with Crippen LogP contribution in [-0.4, -0.2) is 26.1 Å². The number of benzene rings is 2. The second kappa shape index (κ2) is 6.64. The SMILES string of the molecule is Cc1ccc(Oc2ccc(C(=O)Nc3nc4ccccc4[nH]3)cc2)nn1. The summed E-state index contributed by atoms with van der Waals surface area (Å²) >= 11 is 0. The molecule has 0 radical (unpaired) electrons. The Hall–Kier alpha value is -3.74. The van der Waals surface area contributed by atoms with Crippen molar-refractivity contribution in [1.82, 2.24) is 20.2 Å². The molecule has 128 valence electrons. The van der Waals surface area contributed by atoms with E-state index in [1.54, 1.807) is 30.3 Å². The van der Waals surface area contributed by atoms with Crippen LogP contribution in [-0.2, 0) is 0 Å². The van der Waals surface area contributed by atoms with E-state index < -0.39 is 0 Å². The normalized spacial score (nSPS) is 10.7. The van der Waals surface area contributed by atoms with E-state index in [0.717, 1.165) is 16.7 Å². The summed E-state index contributed by atoms with van der Waals surface area (Å²) in [6, 6.07) is 17.9. The monoisotopic (exact) mass is 345 g/mol. The van der Waals surface area contributed by atoms with Crippen LogP contribution in [0.4, 0.5) is 5.95 Å². The van der Waals surface area contributed by atoms with E-state index in [1.807, 2.05) is 37.3 Å². The maximum absolute atomic E-state index is 12.4. The fourth-order valence-corrected chi connectivity index (χ4v) is 2.43. The van der Waals surface area contributed by atoms with Gasteiger partial charge >= 0.3 is 0 Å². The molecule has 0 bridgehead atoms. The van der Waals surface area contributed by atoms with Crippen molar-refractivity contribution in [1.29, 1.82) is 0 Å². The molecule has 0 aliphatic heterocycles. The Balaban J connectivity index is 1.45. The van der Waals surface area contributed by atoms with Gasteiger partial charge in [-0.2, -0.15) is 5.10 Å². The largest absolute Gasteiger partial charge is 0.438 e. The van der Waals surface area contributed by atoms with E-state index in [9.17, 15) is 4.79 Å². The Labute approximate surface area is 149 Å². The van der Waals surface area contributed by atoms with Gasteiger partial charge in [-0.1, -0.05) is 12.1 Å². The summed E-state index contributed by atoms with van der Waals surface area (Å²) in [6.45, 7) is 1.85. The molecule has 0 atom stereocenters. The highest BCUT2D eigenvalue weighted by molar-refractivity contribution is 6.04. The third-order valence-corrected chi connectivity index (χ3v) is 3.73. The number of hydrogen-bond acceptors (Lipinski definition) is 5. The van der Waals surface area contributed by atoms with Crippen LogP contribution >= 0.6 is 0 Å². The number of hydrogen-bond donors (Lipinski definition) is 2. The molecule has 7 nitrogen and oxygen atoms in total. The maximum Gasteiger partial charge on any atom is 0.257 e. The Bertz CT molecular complexity index is 1020. The number of imidazole rings is 1. The second-order valence-corrected chi connectivity index (χ2v) is 5.70. The molecule has 2 N–H and O–H groups in total. The summed E-state index contributed by atoms with van der Waals surface area (Å²) in [4.78, 5) is 19.8. The first-order valence-electron chi connectivity index (χ1n) is 8.02. The molecule has 1 amide bonds. The fourth-order valence-electron chi connectivity index (χ4n) is 2.43. The van der Waals surface area contributed by atoms with E-state index in [4.69, 9.17) is 4.74 Å². The minimum Gasteiger partial charge on any atom is -0.438 e. The van der Waals surface area contributed by atoms with Gasteiger partial charge in [0.15, 0.2) is 0 Å². The van der Waals surface area contributed by atoms with Gasteiger partial charge in [-0.25, -0.2) is 4.98 Å². The van der Waals surface area contributed by atoms with Gasteiger partial charge in [0.25, 0.3) is 5.91 Å². The molecular formula is C19H15N5O2. The van der Waals surface area contributed by atoms with Gasteiger partial charge in [-0.3, -0.25) is 10.1 Å². The van der Waals surface area contributed by atoms with E-state index >= 15 is 0 Å². The van der Waals surface area contributed by atoms with Crippen LogP contribution in [0.3, 0.4) is 0 Å². The third kappa shape index (κ3) is 3.36. The highest BCUT2D eigenvalue weighted by atomic mass is 16.5. The smallest absolute Gasteiger partial charge is 0.257 e. The van der Waals surface area contributed by atoms with Gasteiger partial charge in [-0.15, -0.1) is 5.10 Å². The van der Waals surface area contributed by atoms with Gasteiger partial charge in [0, 0.05) is 11.6 Å². The number of fused-ring (bicyclic) bond motifs is 1. The number of ether oxygens (including phenoxy) is 1. The van der Waals surface area contributed by atoms with Gasteiger partial charge < -0.3 is 9.72 Å². The maximum atomic E-state index is 12.4. The first-order valence-corrected chi connectivity index (χ1v) is 8.02. The van der Waals surface area contributed by atoms with Crippen molar-refractivity contribution >= 4 is 22.9 Å². The predicted molar refractivity (Wildman–Crippen MR) is 97.3 cm³/mol. The van der Waals surface area contributed by atoms with Crippen molar-refractivity contribution in [3.8, 4) is 11.6 Å². The Morgan fingerprint density at radius 2 is 1.81 bits per heavy atom. The Kier molecular flexibility index (Phi) is 4.03. The fraction of sp³-hybridized carbons (Fsp3) is 0.0526. The molecule has 0 aliphatic rings. The van der Waals surface area contributed by atoms with Gasteiger partial charge in [0.05, 0.1) is 16.7 Å². The number of aromatic nitrogens is 4. The molecule has 4 aromatic rings. The number of amides is 1. The molecule has 0 aliphatic carbocycles. The zero-order valence-corrected chi connectivity index (χ0v) is 13.9. The van der Waals surface area contributed by atoms with Crippen molar-refractivity contribution in [3.05, 3.63) is 71.9 Å². The molecule has 2 heterocycles. The van der Waals surface area contributed by atoms with Crippen molar-refractivity contribution in [2.24, 2.45) is 0 Å². The highest BCUT2D eigenvalue weighted by Gasteiger charge is 2.10. The lowest BCUT2D eigenvalue weighted by molar-refractivity contribution is 0.102. The summed E-state index contributed by atoms with van der Waals surface area (Å²) in [7, 11) is 0. The molecule has 0 unspecified atom stereocenters. The van der Waals surface area contributed by atoms with Crippen molar-refractivity contribution in [3.63, 3.8) is 0 Å². The molecule has 4 rings (SSSR count). The standard InChI is InChI=1S/C19H15N5O2/c1-12-6-11-17(24-23-12)26-14-9-7-13(8-10-14)18(25)22-19-20-15-4-2-3-5-16(15)21-19/h2-11H,1H3,(H2,20,21,22,25). The minimum absolute atomic E-state index is 0.259. The first-order chi connectivity index (χ1) is 12.7. The highest BCUT2D eigenvalue weighted by Crippen LogP contribution is 2.20. The summed E-state index contributed by atoms with van der Waals surface area (Å²) in [6.07, 6.45) is 0. The Morgan fingerprint density at radius 1 is 1.00 bits per heavy atom. The number of carbonyl (C=O) groups is 1. The number of rotatable bonds is 4. The lowest BCUT2D eigenvalue weighted by Crippen LogP contribution is -2.12. The lowest BCUT2D eigenvalue weighted by atomic mass is 10.2. The van der Waals surface area contributed by atoms with Crippen molar-refractivity contribution < 1.29 is 9.53 Å². The first kappa shape index (κ1) is 15.8. The zero-order chi connectivity index (χ0) is 17.9. The number of nitrogens with one attached hydrogen (secondary N) is 2. The van der Waals surface area contributed by atoms with E-state index in [2.05, 4.69) is 25.5 Å². The van der Waals surface area contributed by atoms with Crippen LogP contribution < -0.4 is 10.1 Å². The van der Waals surface area contributed by atoms with Crippen molar-refractivity contribution in [2.45, 2.75) is 6.92 Å². The molecule has 2 aromatic heterocycles. The summed E-state index contributed by atoms with van der Waals surface area (Å²) in [5.74, 6) is 1.12. The minimum atomic E-state index is -0.259. The van der Waals surface area contributed by atoms with Crippen LogP contribution in [0.1, 0.15) is 16.1 Å².